The molecule has 0 aromatic carbocycles. The molecule has 4 atom stereocenters. The first kappa shape index (κ1) is 32.0. The van der Waals surface area contributed by atoms with E-state index in [1.165, 1.54) is 19.3 Å². The maximum Gasteiger partial charge on any atom is 0.294 e. The van der Waals surface area contributed by atoms with E-state index in [1.54, 1.807) is 0 Å². The van der Waals surface area contributed by atoms with E-state index in [1.807, 2.05) is 12.2 Å². The fraction of sp³-hybridized carbons (Fsp3) is 0.846. The van der Waals surface area contributed by atoms with Gasteiger partial charge in [-0.25, -0.2) is 0 Å². The number of rotatable bonds is 22. The molecule has 1 amide bonds. The van der Waals surface area contributed by atoms with Gasteiger partial charge in [-0.3, -0.25) is 9.59 Å². The fourth-order valence-electron chi connectivity index (χ4n) is 4.66. The lowest BCUT2D eigenvalue weighted by molar-refractivity contribution is -0.758. The number of hydrogen-bond donors (Lipinski definition) is 3. The van der Waals surface area contributed by atoms with Crippen LogP contribution in [-0.2, 0) is 19.2 Å². The monoisotopic (exact) mass is 514 g/mol. The Balaban J connectivity index is 2.17. The van der Waals surface area contributed by atoms with Gasteiger partial charge in [0.2, 0.25) is 5.91 Å². The Kier molecular flexibility index (Phi) is 17.8. The van der Waals surface area contributed by atoms with Crippen LogP contribution in [0.2, 0.25) is 0 Å². The van der Waals surface area contributed by atoms with Crippen molar-refractivity contribution in [3.63, 3.8) is 0 Å². The maximum absolute atomic E-state index is 12.2. The topological polar surface area (TPSA) is 148 Å². The van der Waals surface area contributed by atoms with Crippen molar-refractivity contribution in [2.24, 2.45) is 11.8 Å². The highest BCUT2D eigenvalue weighted by atomic mass is 17.0. The van der Waals surface area contributed by atoms with Crippen molar-refractivity contribution >= 4 is 11.7 Å². The second kappa shape index (κ2) is 20.1. The quantitative estimate of drug-likeness (QED) is 0.0860. The number of allylic oxidation sites excluding steroid dienone is 2. The summed E-state index contributed by atoms with van der Waals surface area (Å²) in [6.07, 6.45) is 13.0. The number of nitrogens with one attached hydrogen (secondary N) is 1. The third-order valence-corrected chi connectivity index (χ3v) is 6.68. The van der Waals surface area contributed by atoms with Crippen LogP contribution in [0.3, 0.4) is 0 Å². The molecule has 0 aliphatic heterocycles. The number of aliphatic hydroxyl groups excluding tert-OH is 2. The Hall–Kier alpha value is -2.04. The highest BCUT2D eigenvalue weighted by Gasteiger charge is 2.40. The zero-order valence-corrected chi connectivity index (χ0v) is 21.8. The van der Waals surface area contributed by atoms with E-state index in [-0.39, 0.29) is 43.3 Å². The highest BCUT2D eigenvalue weighted by Crippen LogP contribution is 2.38. The molecule has 208 valence electrons. The first-order chi connectivity index (χ1) is 17.3. The number of nitrogens with zero attached hydrogens (tertiary/aromatic N) is 1. The van der Waals surface area contributed by atoms with Crippen molar-refractivity contribution in [1.82, 2.24) is 5.32 Å². The summed E-state index contributed by atoms with van der Waals surface area (Å²) in [4.78, 5) is 38.2. The summed E-state index contributed by atoms with van der Waals surface area (Å²) >= 11 is 0. The minimum atomic E-state index is -0.878. The zero-order valence-electron chi connectivity index (χ0n) is 21.8. The Labute approximate surface area is 214 Å². The molecule has 0 unspecified atom stereocenters. The summed E-state index contributed by atoms with van der Waals surface area (Å²) in [7, 11) is 0. The van der Waals surface area contributed by atoms with Crippen LogP contribution in [0.1, 0.15) is 90.4 Å². The van der Waals surface area contributed by atoms with Crippen LogP contribution in [0.25, 0.3) is 0 Å². The number of unbranched alkanes of at least 4 members (excludes halogenated alkanes) is 5. The van der Waals surface area contributed by atoms with Gasteiger partial charge in [0.25, 0.3) is 5.09 Å². The number of aliphatic hydroxyl groups is 2. The van der Waals surface area contributed by atoms with Crippen molar-refractivity contribution in [1.29, 1.82) is 0 Å². The van der Waals surface area contributed by atoms with Gasteiger partial charge in [-0.2, -0.15) is 0 Å². The van der Waals surface area contributed by atoms with Gasteiger partial charge in [0, 0.05) is 25.8 Å². The average Bonchev–Trinajstić information content (AvgIpc) is 3.10. The van der Waals surface area contributed by atoms with Crippen LogP contribution >= 0.6 is 0 Å². The SMILES string of the molecule is CCCCCCCC(=O)CC[C@@H]1[C@@H](C/C=C\CCCC(=O)NCCOCCO[N+](=O)[O-])[C@@H](O)C[C@H]1O. The Morgan fingerprint density at radius 1 is 0.972 bits per heavy atom. The number of amides is 1. The molecule has 3 N–H and O–H groups in total. The predicted octanol–water partition coefficient (Wildman–Crippen LogP) is 3.51. The minimum absolute atomic E-state index is 0.0485. The summed E-state index contributed by atoms with van der Waals surface area (Å²) in [5.74, 6) is 0.0569. The van der Waals surface area contributed by atoms with E-state index in [2.05, 4.69) is 17.1 Å². The second-order valence-corrected chi connectivity index (χ2v) is 9.56. The van der Waals surface area contributed by atoms with Crippen LogP contribution in [0.15, 0.2) is 12.2 Å². The minimum Gasteiger partial charge on any atom is -0.393 e. The zero-order chi connectivity index (χ0) is 26.6. The van der Waals surface area contributed by atoms with Gasteiger partial charge in [-0.15, -0.1) is 10.1 Å². The van der Waals surface area contributed by atoms with Crippen LogP contribution in [0.4, 0.5) is 0 Å². The van der Waals surface area contributed by atoms with Gasteiger partial charge in [0.05, 0.1) is 25.4 Å². The van der Waals surface area contributed by atoms with E-state index >= 15 is 0 Å². The lowest BCUT2D eigenvalue weighted by Gasteiger charge is -2.22. The molecular formula is C26H46N2O8. The van der Waals surface area contributed by atoms with Gasteiger partial charge in [-0.05, 0) is 50.4 Å². The smallest absolute Gasteiger partial charge is 0.294 e. The van der Waals surface area contributed by atoms with Crippen LogP contribution in [0, 0.1) is 22.0 Å². The van der Waals surface area contributed by atoms with Gasteiger partial charge in [0.1, 0.15) is 12.4 Å². The third-order valence-electron chi connectivity index (χ3n) is 6.68. The van der Waals surface area contributed by atoms with Crippen molar-refractivity contribution in [2.45, 2.75) is 103 Å². The largest absolute Gasteiger partial charge is 0.393 e. The first-order valence-electron chi connectivity index (χ1n) is 13.5. The van der Waals surface area contributed by atoms with Crippen LogP contribution in [0.5, 0.6) is 0 Å². The van der Waals surface area contributed by atoms with Crippen molar-refractivity contribution in [2.75, 3.05) is 26.4 Å². The molecule has 0 spiro atoms. The second-order valence-electron chi connectivity index (χ2n) is 9.56. The summed E-state index contributed by atoms with van der Waals surface area (Å²) < 4.78 is 5.11. The molecule has 10 heteroatoms. The lowest BCUT2D eigenvalue weighted by Crippen LogP contribution is -2.27. The van der Waals surface area contributed by atoms with Gasteiger partial charge >= 0.3 is 0 Å². The summed E-state index contributed by atoms with van der Waals surface area (Å²) in [6, 6.07) is 0. The van der Waals surface area contributed by atoms with Crippen LogP contribution in [-0.4, -0.2) is 65.6 Å². The van der Waals surface area contributed by atoms with Gasteiger partial charge in [-0.1, -0.05) is 44.8 Å². The third kappa shape index (κ3) is 15.2. The van der Waals surface area contributed by atoms with E-state index in [4.69, 9.17) is 4.74 Å². The molecular weight excluding hydrogens is 468 g/mol. The number of hydrogen-bond acceptors (Lipinski definition) is 8. The van der Waals surface area contributed by atoms with E-state index < -0.39 is 17.3 Å². The number of ketones is 1. The maximum atomic E-state index is 12.2. The molecule has 0 heterocycles. The van der Waals surface area contributed by atoms with Crippen molar-refractivity contribution < 1.29 is 34.5 Å². The van der Waals surface area contributed by atoms with Gasteiger partial charge in [0.15, 0.2) is 0 Å². The summed E-state index contributed by atoms with van der Waals surface area (Å²) in [5.41, 5.74) is 0. The Bertz CT molecular complexity index is 658. The molecule has 0 radical (unpaired) electrons. The highest BCUT2D eigenvalue weighted by molar-refractivity contribution is 5.78. The predicted molar refractivity (Wildman–Crippen MR) is 136 cm³/mol. The lowest BCUT2D eigenvalue weighted by atomic mass is 9.86. The first-order valence-corrected chi connectivity index (χ1v) is 13.5. The molecule has 0 bridgehead atoms. The van der Waals surface area contributed by atoms with E-state index in [0.29, 0.717) is 51.5 Å². The molecule has 1 aliphatic carbocycles. The van der Waals surface area contributed by atoms with Crippen LogP contribution < -0.4 is 5.32 Å². The molecule has 10 nitrogen and oxygen atoms in total. The number of ether oxygens (including phenoxy) is 1. The molecule has 1 fully saturated rings. The number of carbonyl (C=O) groups is 2. The van der Waals surface area contributed by atoms with E-state index in [9.17, 15) is 29.9 Å². The number of carbonyl (C=O) groups excluding carboxylic acids is 2. The van der Waals surface area contributed by atoms with E-state index in [0.717, 1.165) is 19.3 Å². The normalized spacial score (nSPS) is 21.6. The molecule has 0 aromatic rings. The molecule has 1 aliphatic rings. The molecule has 36 heavy (non-hydrogen) atoms. The fourth-order valence-corrected chi connectivity index (χ4v) is 4.66. The summed E-state index contributed by atoms with van der Waals surface area (Å²) in [5, 5.41) is 32.6. The standard InChI is InChI=1S/C26H46N2O8/c1-2-3-4-5-8-11-21(29)14-15-23-22(24(30)20-25(23)31)12-9-6-7-10-13-26(32)27-16-17-35-18-19-36-28(33)34/h6,9,22-25,30-31H,2-5,7-8,10-20H2,1H3,(H,27,32)/b9-6-/t22-,23-,24+,25-/m1/s1. The Morgan fingerprint density at radius 3 is 2.47 bits per heavy atom. The molecule has 0 aromatic heterocycles. The summed E-state index contributed by atoms with van der Waals surface area (Å²) in [6.45, 7) is 2.71. The van der Waals surface area contributed by atoms with Gasteiger partial charge < -0.3 is 25.1 Å². The molecule has 0 saturated heterocycles. The number of Topliss-reactive ketones (excluding diaryl/α,β-unsaturated/α-hetero) is 1. The van der Waals surface area contributed by atoms with Crippen molar-refractivity contribution in [3.8, 4) is 0 Å². The Morgan fingerprint density at radius 2 is 1.72 bits per heavy atom. The molecule has 1 saturated carbocycles. The molecule has 1 rings (SSSR count). The average molecular weight is 515 g/mol. The van der Waals surface area contributed by atoms with Crippen molar-refractivity contribution in [3.05, 3.63) is 22.3 Å².